The van der Waals surface area contributed by atoms with Crippen molar-refractivity contribution in [3.05, 3.63) is 88.2 Å². The highest BCUT2D eigenvalue weighted by molar-refractivity contribution is 8.15. The molecule has 0 aromatic heterocycles. The number of amidine groups is 1. The molecule has 0 radical (unpaired) electrons. The zero-order chi connectivity index (χ0) is 29.1. The van der Waals surface area contributed by atoms with Crippen molar-refractivity contribution in [1.29, 1.82) is 0 Å². The number of ether oxygens (including phenoxy) is 1. The SMILES string of the molecule is COC(=O)c1ccc(NC(=O)[C@H]2CC(=O)N(Nc3c(F)c(F)c(F)c(F)c3F)C(=Nc3ccc(Cl)cc3)S2)cc1. The second-order valence-electron chi connectivity index (χ2n) is 8.03. The summed E-state index contributed by atoms with van der Waals surface area (Å²) in [6.07, 6.45) is -0.543. The van der Waals surface area contributed by atoms with Gasteiger partial charge in [0, 0.05) is 10.7 Å². The number of hydrogen-bond acceptors (Lipinski definition) is 7. The van der Waals surface area contributed by atoms with Crippen molar-refractivity contribution in [3.8, 4) is 0 Å². The zero-order valence-corrected chi connectivity index (χ0v) is 21.7. The molecule has 1 heterocycles. The number of amides is 2. The Morgan fingerprint density at radius 3 is 2.10 bits per heavy atom. The van der Waals surface area contributed by atoms with Crippen LogP contribution in [0.4, 0.5) is 39.0 Å². The van der Waals surface area contributed by atoms with Gasteiger partial charge < -0.3 is 10.1 Å². The summed E-state index contributed by atoms with van der Waals surface area (Å²) in [4.78, 5) is 41.8. The lowest BCUT2D eigenvalue weighted by atomic mass is 10.2. The molecule has 208 valence electrons. The number of thioether (sulfide) groups is 1. The Morgan fingerprint density at radius 1 is 0.950 bits per heavy atom. The first-order valence-electron chi connectivity index (χ1n) is 11.1. The van der Waals surface area contributed by atoms with Gasteiger partial charge in [0.05, 0.1) is 24.8 Å². The number of methoxy groups -OCH3 is 1. The maximum atomic E-state index is 14.4. The van der Waals surface area contributed by atoms with Gasteiger partial charge in [0.1, 0.15) is 10.9 Å². The number of anilines is 2. The van der Waals surface area contributed by atoms with E-state index in [1.165, 1.54) is 55.6 Å². The normalized spacial score (nSPS) is 16.2. The summed E-state index contributed by atoms with van der Waals surface area (Å²) < 4.78 is 74.4. The van der Waals surface area contributed by atoms with Crippen molar-refractivity contribution in [2.75, 3.05) is 17.9 Å². The molecule has 2 amide bonds. The van der Waals surface area contributed by atoms with Crippen LogP contribution in [0.2, 0.25) is 5.02 Å². The highest BCUT2D eigenvalue weighted by atomic mass is 35.5. The fourth-order valence-electron chi connectivity index (χ4n) is 3.38. The Bertz CT molecular complexity index is 1490. The number of benzene rings is 3. The number of esters is 1. The van der Waals surface area contributed by atoms with Crippen molar-refractivity contribution < 1.29 is 41.1 Å². The molecule has 1 aliphatic rings. The van der Waals surface area contributed by atoms with Crippen LogP contribution in [0.1, 0.15) is 16.8 Å². The van der Waals surface area contributed by atoms with Gasteiger partial charge in [-0.3, -0.25) is 15.0 Å². The summed E-state index contributed by atoms with van der Waals surface area (Å²) in [5, 5.41) is 1.97. The molecule has 0 spiro atoms. The standard InChI is InChI=1S/C25H16ClF5N4O4S/c1-39-24(38)11-2-6-13(7-3-11)32-23(37)15-10-16(36)35(25(40-15)33-14-8-4-12(26)5-9-14)34-22-20(30)18(28)17(27)19(29)21(22)31/h2-9,15,34H,10H2,1H3,(H,32,37)/t15-/m1/s1. The van der Waals surface area contributed by atoms with Crippen LogP contribution in [0.5, 0.6) is 0 Å². The van der Waals surface area contributed by atoms with Gasteiger partial charge in [0.25, 0.3) is 0 Å². The Hall–Kier alpha value is -4.17. The molecule has 1 saturated heterocycles. The van der Waals surface area contributed by atoms with Gasteiger partial charge in [0.2, 0.25) is 17.6 Å². The topological polar surface area (TPSA) is 100 Å². The first-order chi connectivity index (χ1) is 19.0. The zero-order valence-electron chi connectivity index (χ0n) is 20.1. The van der Waals surface area contributed by atoms with Gasteiger partial charge in [-0.25, -0.2) is 31.7 Å². The number of halogens is 6. The average Bonchev–Trinajstić information content (AvgIpc) is 2.95. The third-order valence-electron chi connectivity index (χ3n) is 5.40. The van der Waals surface area contributed by atoms with Crippen molar-refractivity contribution >= 4 is 63.4 Å². The van der Waals surface area contributed by atoms with E-state index in [1.807, 2.05) is 5.43 Å². The number of rotatable bonds is 6. The van der Waals surface area contributed by atoms with Crippen molar-refractivity contribution in [3.63, 3.8) is 0 Å². The molecule has 1 fully saturated rings. The van der Waals surface area contributed by atoms with E-state index < -0.39 is 64.2 Å². The molecule has 4 rings (SSSR count). The molecule has 0 unspecified atom stereocenters. The van der Waals surface area contributed by atoms with E-state index in [9.17, 15) is 36.3 Å². The highest BCUT2D eigenvalue weighted by Gasteiger charge is 2.38. The van der Waals surface area contributed by atoms with E-state index >= 15 is 0 Å². The third-order valence-corrected chi connectivity index (χ3v) is 6.80. The molecule has 40 heavy (non-hydrogen) atoms. The van der Waals surface area contributed by atoms with Gasteiger partial charge in [-0.15, -0.1) is 0 Å². The van der Waals surface area contributed by atoms with Gasteiger partial charge in [-0.1, -0.05) is 23.4 Å². The second-order valence-corrected chi connectivity index (χ2v) is 9.63. The van der Waals surface area contributed by atoms with Crippen LogP contribution in [0, 0.1) is 29.1 Å². The number of nitrogens with one attached hydrogen (secondary N) is 2. The fraction of sp³-hybridized carbons (Fsp3) is 0.120. The Labute approximate surface area is 232 Å². The lowest BCUT2D eigenvalue weighted by molar-refractivity contribution is -0.128. The minimum absolute atomic E-state index is 0.198. The van der Waals surface area contributed by atoms with Gasteiger partial charge in [-0.2, -0.15) is 5.01 Å². The van der Waals surface area contributed by atoms with Crippen molar-refractivity contribution in [2.45, 2.75) is 11.7 Å². The van der Waals surface area contributed by atoms with Crippen LogP contribution in [0.15, 0.2) is 53.5 Å². The minimum atomic E-state index is -2.37. The molecule has 1 aliphatic heterocycles. The number of hydrogen-bond donors (Lipinski definition) is 2. The van der Waals surface area contributed by atoms with Crippen LogP contribution in [-0.4, -0.2) is 40.3 Å². The summed E-state index contributed by atoms with van der Waals surface area (Å²) in [5.74, 6) is -13.4. The number of nitrogens with zero attached hydrogens (tertiary/aromatic N) is 2. The molecule has 1 atom stereocenters. The van der Waals surface area contributed by atoms with Gasteiger partial charge in [-0.05, 0) is 48.5 Å². The predicted octanol–water partition coefficient (Wildman–Crippen LogP) is 5.81. The van der Waals surface area contributed by atoms with Crippen LogP contribution < -0.4 is 10.7 Å². The summed E-state index contributed by atoms with van der Waals surface area (Å²) in [5.41, 5.74) is 1.15. The lowest BCUT2D eigenvalue weighted by Gasteiger charge is -2.32. The Kier molecular flexibility index (Phi) is 8.59. The first kappa shape index (κ1) is 28.8. The number of carbonyl (C=O) groups is 3. The monoisotopic (exact) mass is 598 g/mol. The number of hydrazine groups is 1. The summed E-state index contributed by atoms with van der Waals surface area (Å²) >= 11 is 6.56. The molecule has 8 nitrogen and oxygen atoms in total. The fourth-order valence-corrected chi connectivity index (χ4v) is 4.57. The molecule has 0 bridgehead atoms. The molecule has 0 saturated carbocycles. The van der Waals surface area contributed by atoms with Crippen LogP contribution in [-0.2, 0) is 14.3 Å². The van der Waals surface area contributed by atoms with E-state index in [-0.39, 0.29) is 22.1 Å². The Morgan fingerprint density at radius 2 is 1.52 bits per heavy atom. The third kappa shape index (κ3) is 6.02. The molecule has 3 aromatic carbocycles. The molecular weight excluding hydrogens is 583 g/mol. The highest BCUT2D eigenvalue weighted by Crippen LogP contribution is 2.33. The van der Waals surface area contributed by atoms with E-state index in [4.69, 9.17) is 11.6 Å². The van der Waals surface area contributed by atoms with Crippen LogP contribution in [0.3, 0.4) is 0 Å². The maximum absolute atomic E-state index is 14.4. The first-order valence-corrected chi connectivity index (χ1v) is 12.4. The van der Waals surface area contributed by atoms with Crippen molar-refractivity contribution in [1.82, 2.24) is 5.01 Å². The van der Waals surface area contributed by atoms with Gasteiger partial charge >= 0.3 is 5.97 Å². The number of aliphatic imine (C=N–C) groups is 1. The average molecular weight is 599 g/mol. The quantitative estimate of drug-likeness (QED) is 0.161. The molecule has 3 aromatic rings. The number of carbonyl (C=O) groups excluding carboxylic acids is 3. The molecule has 15 heteroatoms. The van der Waals surface area contributed by atoms with Crippen molar-refractivity contribution in [2.24, 2.45) is 4.99 Å². The lowest BCUT2D eigenvalue weighted by Crippen LogP contribution is -2.48. The smallest absolute Gasteiger partial charge is 0.337 e. The minimum Gasteiger partial charge on any atom is -0.465 e. The van der Waals surface area contributed by atoms with E-state index in [0.717, 1.165) is 0 Å². The van der Waals surface area contributed by atoms with E-state index in [0.29, 0.717) is 21.8 Å². The van der Waals surface area contributed by atoms with Gasteiger partial charge in [0.15, 0.2) is 28.4 Å². The summed E-state index contributed by atoms with van der Waals surface area (Å²) in [7, 11) is 1.21. The molecular formula is C25H16ClF5N4O4S. The van der Waals surface area contributed by atoms with E-state index in [2.05, 4.69) is 15.0 Å². The second kappa shape index (κ2) is 11.9. The molecule has 2 N–H and O–H groups in total. The molecule has 0 aliphatic carbocycles. The predicted molar refractivity (Wildman–Crippen MR) is 138 cm³/mol. The maximum Gasteiger partial charge on any atom is 0.337 e. The Balaban J connectivity index is 1.64. The largest absolute Gasteiger partial charge is 0.465 e. The van der Waals surface area contributed by atoms with E-state index in [1.54, 1.807) is 0 Å². The summed E-state index contributed by atoms with van der Waals surface area (Å²) in [6.45, 7) is 0. The summed E-state index contributed by atoms with van der Waals surface area (Å²) in [6, 6.07) is 11.5. The van der Waals surface area contributed by atoms with Crippen LogP contribution in [0.25, 0.3) is 0 Å². The van der Waals surface area contributed by atoms with Crippen LogP contribution >= 0.6 is 23.4 Å².